The summed E-state index contributed by atoms with van der Waals surface area (Å²) in [6.45, 7) is 6.62. The van der Waals surface area contributed by atoms with Gasteiger partial charge in [0, 0.05) is 29.7 Å². The fourth-order valence-electron chi connectivity index (χ4n) is 3.22. The molecule has 1 aliphatic heterocycles. The predicted molar refractivity (Wildman–Crippen MR) is 112 cm³/mol. The standard InChI is InChI=1S/C20H22Cl2N2O3S/c1-12(2)20(25)24-7-6-14-4-5-16(9-15(14)11-24)23-28(26,27)19-8-13(3)17(21)10-18(19)22/h4-5,8-10,12,23H,6-7,11H2,1-3H3. The predicted octanol–water partition coefficient (Wildman–Crippen LogP) is 4.64. The Morgan fingerprint density at radius 2 is 1.82 bits per heavy atom. The van der Waals surface area contributed by atoms with Crippen LogP contribution in [-0.4, -0.2) is 25.8 Å². The zero-order valence-electron chi connectivity index (χ0n) is 15.9. The fraction of sp³-hybridized carbons (Fsp3) is 0.350. The van der Waals surface area contributed by atoms with Crippen molar-refractivity contribution in [2.75, 3.05) is 11.3 Å². The van der Waals surface area contributed by atoms with Crippen LogP contribution < -0.4 is 4.72 Å². The number of halogens is 2. The monoisotopic (exact) mass is 440 g/mol. The highest BCUT2D eigenvalue weighted by atomic mass is 35.5. The van der Waals surface area contributed by atoms with Crippen molar-refractivity contribution >= 4 is 44.8 Å². The summed E-state index contributed by atoms with van der Waals surface area (Å²) in [4.78, 5) is 14.1. The number of fused-ring (bicyclic) bond motifs is 1. The van der Waals surface area contributed by atoms with Gasteiger partial charge in [0.15, 0.2) is 0 Å². The first-order valence-corrected chi connectivity index (χ1v) is 11.2. The average molecular weight is 441 g/mol. The van der Waals surface area contributed by atoms with Crippen molar-refractivity contribution in [2.24, 2.45) is 5.92 Å². The fourth-order valence-corrected chi connectivity index (χ4v) is 5.10. The van der Waals surface area contributed by atoms with Gasteiger partial charge in [-0.2, -0.15) is 0 Å². The summed E-state index contributed by atoms with van der Waals surface area (Å²) in [6.07, 6.45) is 0.753. The van der Waals surface area contributed by atoms with Crippen LogP contribution in [0.4, 0.5) is 5.69 Å². The minimum absolute atomic E-state index is 0.0228. The van der Waals surface area contributed by atoms with Crippen LogP contribution in [0.1, 0.15) is 30.5 Å². The lowest BCUT2D eigenvalue weighted by molar-refractivity contribution is -0.135. The van der Waals surface area contributed by atoms with Gasteiger partial charge < -0.3 is 4.90 Å². The van der Waals surface area contributed by atoms with Crippen molar-refractivity contribution in [2.45, 2.75) is 38.6 Å². The van der Waals surface area contributed by atoms with Gasteiger partial charge in [0.05, 0.1) is 5.02 Å². The molecule has 8 heteroatoms. The third kappa shape index (κ3) is 4.29. The van der Waals surface area contributed by atoms with Gasteiger partial charge in [0.2, 0.25) is 5.91 Å². The third-order valence-electron chi connectivity index (χ3n) is 4.78. The van der Waals surface area contributed by atoms with E-state index in [2.05, 4.69) is 4.72 Å². The Morgan fingerprint density at radius 1 is 1.11 bits per heavy atom. The molecule has 28 heavy (non-hydrogen) atoms. The molecule has 0 aromatic heterocycles. The lowest BCUT2D eigenvalue weighted by Gasteiger charge is -2.30. The summed E-state index contributed by atoms with van der Waals surface area (Å²) in [6, 6.07) is 8.29. The van der Waals surface area contributed by atoms with Crippen molar-refractivity contribution in [3.8, 4) is 0 Å². The Balaban J connectivity index is 1.87. The molecule has 0 saturated carbocycles. The first kappa shape index (κ1) is 21.0. The van der Waals surface area contributed by atoms with Gasteiger partial charge >= 0.3 is 0 Å². The molecular formula is C20H22Cl2N2O3S. The first-order chi connectivity index (χ1) is 13.1. The van der Waals surface area contributed by atoms with Gasteiger partial charge in [-0.1, -0.05) is 43.1 Å². The zero-order chi connectivity index (χ0) is 20.6. The highest BCUT2D eigenvalue weighted by Crippen LogP contribution is 2.30. The number of amides is 1. The molecular weight excluding hydrogens is 419 g/mol. The Hall–Kier alpha value is -1.76. The van der Waals surface area contributed by atoms with Gasteiger partial charge in [-0.15, -0.1) is 0 Å². The summed E-state index contributed by atoms with van der Waals surface area (Å²) in [5.41, 5.74) is 3.12. The van der Waals surface area contributed by atoms with Gasteiger partial charge in [0.25, 0.3) is 10.0 Å². The molecule has 0 fully saturated rings. The number of nitrogens with zero attached hydrogens (tertiary/aromatic N) is 1. The van der Waals surface area contributed by atoms with Crippen molar-refractivity contribution < 1.29 is 13.2 Å². The van der Waals surface area contributed by atoms with Gasteiger partial charge in [-0.05, 0) is 54.3 Å². The second-order valence-corrected chi connectivity index (χ2v) is 9.75. The molecule has 3 rings (SSSR count). The highest BCUT2D eigenvalue weighted by molar-refractivity contribution is 7.92. The van der Waals surface area contributed by atoms with E-state index in [9.17, 15) is 13.2 Å². The Morgan fingerprint density at radius 3 is 2.50 bits per heavy atom. The molecule has 5 nitrogen and oxygen atoms in total. The number of hydrogen-bond acceptors (Lipinski definition) is 3. The molecule has 0 atom stereocenters. The SMILES string of the molecule is Cc1cc(S(=O)(=O)Nc2ccc3c(c2)CN(C(=O)C(C)C)CC3)c(Cl)cc1Cl. The molecule has 150 valence electrons. The Labute approximate surface area is 175 Å². The van der Waals surface area contributed by atoms with E-state index in [1.165, 1.54) is 12.1 Å². The van der Waals surface area contributed by atoms with E-state index in [1.54, 1.807) is 19.1 Å². The van der Waals surface area contributed by atoms with Crippen molar-refractivity contribution in [3.05, 3.63) is 57.1 Å². The number of nitrogens with one attached hydrogen (secondary N) is 1. The molecule has 0 bridgehead atoms. The molecule has 2 aromatic carbocycles. The average Bonchev–Trinajstić information content (AvgIpc) is 2.62. The first-order valence-electron chi connectivity index (χ1n) is 8.97. The maximum absolute atomic E-state index is 12.8. The van der Waals surface area contributed by atoms with E-state index < -0.39 is 10.0 Å². The van der Waals surface area contributed by atoms with Crippen LogP contribution in [-0.2, 0) is 27.8 Å². The summed E-state index contributed by atoms with van der Waals surface area (Å²) in [5.74, 6) is 0.0265. The van der Waals surface area contributed by atoms with Gasteiger partial charge in [-0.3, -0.25) is 9.52 Å². The normalized spacial score (nSPS) is 14.1. The van der Waals surface area contributed by atoms with Gasteiger partial charge in [0.1, 0.15) is 4.90 Å². The van der Waals surface area contributed by atoms with Crippen molar-refractivity contribution in [1.82, 2.24) is 4.90 Å². The number of aryl methyl sites for hydroxylation is 1. The van der Waals surface area contributed by atoms with Gasteiger partial charge in [-0.25, -0.2) is 8.42 Å². The van der Waals surface area contributed by atoms with Crippen LogP contribution >= 0.6 is 23.2 Å². The van der Waals surface area contributed by atoms with Crippen molar-refractivity contribution in [3.63, 3.8) is 0 Å². The zero-order valence-corrected chi connectivity index (χ0v) is 18.2. The lowest BCUT2D eigenvalue weighted by Crippen LogP contribution is -2.38. The lowest BCUT2D eigenvalue weighted by atomic mass is 9.98. The number of benzene rings is 2. The number of anilines is 1. The van der Waals surface area contributed by atoms with E-state index in [1.807, 2.05) is 24.8 Å². The second kappa shape index (κ2) is 7.93. The maximum Gasteiger partial charge on any atom is 0.263 e. The minimum Gasteiger partial charge on any atom is -0.338 e. The molecule has 1 aliphatic rings. The largest absolute Gasteiger partial charge is 0.338 e. The maximum atomic E-state index is 12.8. The molecule has 2 aromatic rings. The molecule has 1 heterocycles. The molecule has 0 aliphatic carbocycles. The topological polar surface area (TPSA) is 66.5 Å². The van der Waals surface area contributed by atoms with Crippen LogP contribution in [0.2, 0.25) is 10.0 Å². The van der Waals surface area contributed by atoms with E-state index in [0.29, 0.717) is 29.4 Å². The number of carbonyl (C=O) groups excluding carboxylic acids is 1. The summed E-state index contributed by atoms with van der Waals surface area (Å²) in [5, 5.41) is 0.474. The number of hydrogen-bond donors (Lipinski definition) is 1. The van der Waals surface area contributed by atoms with E-state index in [-0.39, 0.29) is 21.7 Å². The van der Waals surface area contributed by atoms with E-state index in [0.717, 1.165) is 17.5 Å². The van der Waals surface area contributed by atoms with Crippen LogP contribution in [0.15, 0.2) is 35.2 Å². The van der Waals surface area contributed by atoms with Crippen LogP contribution in [0.25, 0.3) is 0 Å². The minimum atomic E-state index is -3.87. The van der Waals surface area contributed by atoms with Crippen LogP contribution in [0, 0.1) is 12.8 Å². The quantitative estimate of drug-likeness (QED) is 0.752. The Bertz CT molecular complexity index is 1040. The third-order valence-corrected chi connectivity index (χ3v) is 7.03. The molecule has 1 N–H and O–H groups in total. The molecule has 0 saturated heterocycles. The molecule has 0 radical (unpaired) electrons. The molecule has 0 unspecified atom stereocenters. The second-order valence-electron chi connectivity index (χ2n) is 7.29. The number of sulfonamides is 1. The molecule has 1 amide bonds. The Kier molecular flexibility index (Phi) is 5.94. The summed E-state index contributed by atoms with van der Waals surface area (Å²) < 4.78 is 28.2. The highest BCUT2D eigenvalue weighted by Gasteiger charge is 2.24. The smallest absolute Gasteiger partial charge is 0.263 e. The summed E-state index contributed by atoms with van der Waals surface area (Å²) >= 11 is 12.1. The van der Waals surface area contributed by atoms with Crippen LogP contribution in [0.3, 0.4) is 0 Å². The van der Waals surface area contributed by atoms with Crippen LogP contribution in [0.5, 0.6) is 0 Å². The number of rotatable bonds is 4. The van der Waals surface area contributed by atoms with E-state index in [4.69, 9.17) is 23.2 Å². The molecule has 0 spiro atoms. The summed E-state index contributed by atoms with van der Waals surface area (Å²) in [7, 11) is -3.87. The van der Waals surface area contributed by atoms with E-state index >= 15 is 0 Å². The van der Waals surface area contributed by atoms with Crippen molar-refractivity contribution in [1.29, 1.82) is 0 Å². The number of carbonyl (C=O) groups is 1.